The normalized spacial score (nSPS) is 14.2. The van der Waals surface area contributed by atoms with E-state index in [2.05, 4.69) is 32.2 Å². The fourth-order valence-electron chi connectivity index (χ4n) is 3.25. The van der Waals surface area contributed by atoms with Gasteiger partial charge in [-0.05, 0) is 38.4 Å². The quantitative estimate of drug-likeness (QED) is 0.304. The first-order valence-electron chi connectivity index (χ1n) is 11.5. The minimum absolute atomic E-state index is 0.152. The van der Waals surface area contributed by atoms with Gasteiger partial charge in [0.05, 0.1) is 16.2 Å². The van der Waals surface area contributed by atoms with E-state index in [0.717, 1.165) is 32.2 Å². The van der Waals surface area contributed by atoms with E-state index < -0.39 is 10.0 Å². The van der Waals surface area contributed by atoms with Crippen LogP contribution >= 0.6 is 0 Å². The number of benzene rings is 1. The third kappa shape index (κ3) is 7.48. The van der Waals surface area contributed by atoms with Gasteiger partial charge < -0.3 is 15.4 Å². The Balaban J connectivity index is 0.00000187. The number of unbranched alkanes of at least 4 members (excludes halogenated alkanes) is 1. The average Bonchev–Trinajstić information content (AvgIpc) is 2.86. The van der Waals surface area contributed by atoms with E-state index in [9.17, 15) is 8.42 Å². The highest BCUT2D eigenvalue weighted by Crippen LogP contribution is 2.22. The molecule has 0 amide bonds. The van der Waals surface area contributed by atoms with Gasteiger partial charge in [-0.3, -0.25) is 5.41 Å². The van der Waals surface area contributed by atoms with Crippen molar-refractivity contribution in [3.8, 4) is 0 Å². The predicted octanol–water partition coefficient (Wildman–Crippen LogP) is 3.63. The Morgan fingerprint density at radius 3 is 2.45 bits per heavy atom. The highest BCUT2D eigenvalue weighted by Gasteiger charge is 2.20. The second-order valence-corrected chi connectivity index (χ2v) is 9.26. The molecule has 2 heterocycles. The summed E-state index contributed by atoms with van der Waals surface area (Å²) in [6.45, 7) is 8.29. The van der Waals surface area contributed by atoms with Crippen molar-refractivity contribution in [1.82, 2.24) is 14.7 Å². The van der Waals surface area contributed by atoms with Crippen molar-refractivity contribution < 1.29 is 13.2 Å². The van der Waals surface area contributed by atoms with Crippen molar-refractivity contribution in [2.45, 2.75) is 57.4 Å². The molecule has 0 radical (unpaired) electrons. The molecule has 4 N–H and O–H groups in total. The second-order valence-electron chi connectivity index (χ2n) is 7.37. The molecule has 3 rings (SSSR count). The number of aromatic nitrogens is 2. The molecule has 1 aliphatic rings. The third-order valence-electron chi connectivity index (χ3n) is 5.16. The van der Waals surface area contributed by atoms with E-state index in [1.54, 1.807) is 18.3 Å². The van der Waals surface area contributed by atoms with Gasteiger partial charge in [-0.1, -0.05) is 39.3 Å². The number of hydrogen-bond donors (Lipinski definition) is 4. The maximum absolute atomic E-state index is 12.0. The molecular formula is C23H36N6O3S. The fraction of sp³-hybridized carbons (Fsp3) is 0.522. The molecule has 9 nitrogen and oxygen atoms in total. The van der Waals surface area contributed by atoms with Crippen LogP contribution in [-0.4, -0.2) is 56.9 Å². The van der Waals surface area contributed by atoms with Crippen molar-refractivity contribution in [2.75, 3.05) is 37.4 Å². The van der Waals surface area contributed by atoms with Crippen LogP contribution in [0.5, 0.6) is 0 Å². The first-order chi connectivity index (χ1) is 15.9. The fourth-order valence-corrected chi connectivity index (χ4v) is 3.98. The number of nitrogens with one attached hydrogen (secondary N) is 4. The summed E-state index contributed by atoms with van der Waals surface area (Å²) < 4.78 is 31.7. The summed E-state index contributed by atoms with van der Waals surface area (Å²) in [4.78, 5) is 9.17. The molecule has 0 unspecified atom stereocenters. The van der Waals surface area contributed by atoms with Crippen molar-refractivity contribution >= 4 is 27.5 Å². The molecule has 182 valence electrons. The number of nitrogens with zero attached hydrogens (tertiary/aromatic N) is 2. The van der Waals surface area contributed by atoms with Crippen molar-refractivity contribution in [3.63, 3.8) is 0 Å². The largest absolute Gasteiger partial charge is 0.381 e. The van der Waals surface area contributed by atoms with Crippen LogP contribution < -0.4 is 15.4 Å². The van der Waals surface area contributed by atoms with Crippen LogP contribution in [0.3, 0.4) is 0 Å². The van der Waals surface area contributed by atoms with E-state index >= 15 is 0 Å². The highest BCUT2D eigenvalue weighted by atomic mass is 32.2. The van der Waals surface area contributed by atoms with E-state index in [1.165, 1.54) is 19.2 Å². The van der Waals surface area contributed by atoms with Crippen LogP contribution in [0.4, 0.5) is 11.8 Å². The lowest BCUT2D eigenvalue weighted by atomic mass is 10.0. The van der Waals surface area contributed by atoms with Crippen molar-refractivity contribution in [1.29, 1.82) is 5.41 Å². The third-order valence-corrected chi connectivity index (χ3v) is 6.59. The number of ether oxygens (including phenoxy) is 1. The Morgan fingerprint density at radius 1 is 1.18 bits per heavy atom. The SMILES string of the molecule is CC.CCCCNc1ncc(C(=N)c2ccc(S(=O)(=O)NC)cc2)c(NC2CCOCC2)n1. The molecule has 10 heteroatoms. The van der Waals surface area contributed by atoms with Crippen LogP contribution in [0.25, 0.3) is 0 Å². The predicted molar refractivity (Wildman–Crippen MR) is 133 cm³/mol. The monoisotopic (exact) mass is 476 g/mol. The van der Waals surface area contributed by atoms with Gasteiger partial charge >= 0.3 is 0 Å². The lowest BCUT2D eigenvalue weighted by Gasteiger charge is -2.25. The summed E-state index contributed by atoms with van der Waals surface area (Å²) in [6.07, 6.45) is 5.47. The van der Waals surface area contributed by atoms with Gasteiger partial charge in [-0.15, -0.1) is 0 Å². The van der Waals surface area contributed by atoms with Crippen LogP contribution in [0, 0.1) is 5.41 Å². The van der Waals surface area contributed by atoms with Crippen LogP contribution in [0.1, 0.15) is 57.6 Å². The van der Waals surface area contributed by atoms with Crippen molar-refractivity contribution in [3.05, 3.63) is 41.6 Å². The topological polar surface area (TPSA) is 129 Å². The summed E-state index contributed by atoms with van der Waals surface area (Å²) in [5, 5.41) is 15.4. The first kappa shape index (κ1) is 26.7. The average molecular weight is 477 g/mol. The van der Waals surface area contributed by atoms with Gasteiger partial charge in [-0.25, -0.2) is 18.1 Å². The Bertz CT molecular complexity index is 990. The Morgan fingerprint density at radius 2 is 1.85 bits per heavy atom. The van der Waals surface area contributed by atoms with Gasteiger partial charge in [0.2, 0.25) is 16.0 Å². The van der Waals surface area contributed by atoms with Gasteiger partial charge in [0.25, 0.3) is 0 Å². The number of rotatable bonds is 10. The number of sulfonamides is 1. The summed E-state index contributed by atoms with van der Waals surface area (Å²) in [5.74, 6) is 1.12. The lowest BCUT2D eigenvalue weighted by molar-refractivity contribution is 0.0904. The highest BCUT2D eigenvalue weighted by molar-refractivity contribution is 7.89. The summed E-state index contributed by atoms with van der Waals surface area (Å²) in [6, 6.07) is 6.43. The number of hydrogen-bond acceptors (Lipinski definition) is 8. The molecular weight excluding hydrogens is 440 g/mol. The molecule has 2 aromatic rings. The van der Waals surface area contributed by atoms with Crippen LogP contribution in [-0.2, 0) is 14.8 Å². The van der Waals surface area contributed by atoms with E-state index in [-0.39, 0.29) is 16.6 Å². The van der Waals surface area contributed by atoms with Gasteiger partial charge in [0.1, 0.15) is 5.82 Å². The standard InChI is InChI=1S/C21H30N6O3S.C2H6/c1-3-4-11-24-21-25-14-18(20(27-21)26-16-9-12-30-13-10-16)19(22)15-5-7-17(8-6-15)31(28,29)23-2;1-2/h5-8,14,16,22-23H,3-4,9-13H2,1-2H3,(H2,24,25,26,27);1-2H3. The molecule has 1 saturated heterocycles. The van der Waals surface area contributed by atoms with E-state index in [0.29, 0.717) is 36.1 Å². The van der Waals surface area contributed by atoms with Gasteiger partial charge in [0, 0.05) is 37.6 Å². The molecule has 0 aliphatic carbocycles. The number of anilines is 2. The minimum Gasteiger partial charge on any atom is -0.381 e. The zero-order chi connectivity index (χ0) is 24.3. The molecule has 1 aromatic carbocycles. The van der Waals surface area contributed by atoms with Gasteiger partial charge in [0.15, 0.2) is 0 Å². The van der Waals surface area contributed by atoms with Crippen LogP contribution in [0.2, 0.25) is 0 Å². The smallest absolute Gasteiger partial charge is 0.240 e. The minimum atomic E-state index is -3.53. The summed E-state index contributed by atoms with van der Waals surface area (Å²) in [5.41, 5.74) is 1.38. The molecule has 0 spiro atoms. The lowest BCUT2D eigenvalue weighted by Crippen LogP contribution is -2.29. The maximum atomic E-state index is 12.0. The molecule has 0 bridgehead atoms. The Hall–Kier alpha value is -2.56. The summed E-state index contributed by atoms with van der Waals surface area (Å²) >= 11 is 0. The molecule has 0 atom stereocenters. The Labute approximate surface area is 197 Å². The summed E-state index contributed by atoms with van der Waals surface area (Å²) in [7, 11) is -2.16. The Kier molecular flexibility index (Phi) is 10.7. The molecule has 1 aliphatic heterocycles. The molecule has 33 heavy (non-hydrogen) atoms. The second kappa shape index (κ2) is 13.2. The van der Waals surface area contributed by atoms with Crippen LogP contribution in [0.15, 0.2) is 35.4 Å². The molecule has 0 saturated carbocycles. The zero-order valence-electron chi connectivity index (χ0n) is 19.9. The van der Waals surface area contributed by atoms with Crippen molar-refractivity contribution in [2.24, 2.45) is 0 Å². The molecule has 1 aromatic heterocycles. The first-order valence-corrected chi connectivity index (χ1v) is 13.0. The zero-order valence-corrected chi connectivity index (χ0v) is 20.8. The maximum Gasteiger partial charge on any atom is 0.240 e. The van der Waals surface area contributed by atoms with E-state index in [4.69, 9.17) is 10.1 Å². The van der Waals surface area contributed by atoms with Gasteiger partial charge in [-0.2, -0.15) is 4.98 Å². The van der Waals surface area contributed by atoms with E-state index in [1.807, 2.05) is 13.8 Å². The molecule has 1 fully saturated rings.